The lowest BCUT2D eigenvalue weighted by molar-refractivity contribution is 0.484. The van der Waals surface area contributed by atoms with Gasteiger partial charge >= 0.3 is 10.1 Å². The molecule has 0 aliphatic rings. The van der Waals surface area contributed by atoms with Gasteiger partial charge in [0.2, 0.25) is 0 Å². The van der Waals surface area contributed by atoms with Crippen LogP contribution < -0.4 is 4.18 Å². The fourth-order valence-corrected chi connectivity index (χ4v) is 2.90. The van der Waals surface area contributed by atoms with E-state index in [0.29, 0.717) is 0 Å². The van der Waals surface area contributed by atoms with Crippen molar-refractivity contribution < 1.29 is 17.0 Å². The second kappa shape index (κ2) is 5.49. The zero-order valence-corrected chi connectivity index (χ0v) is 11.5. The number of para-hydroxylation sites is 1. The zero-order chi connectivity index (χ0) is 14.8. The van der Waals surface area contributed by atoms with Crippen LogP contribution in [0, 0.1) is 17.1 Å². The fraction of sp³-hybridized carbons (Fsp3) is 0. The minimum absolute atomic E-state index is 0.0450. The SMILES string of the molecule is N#Cc1ccccc1OS(=O)(=O)c1cc(F)ccc1Cl. The second-order valence-electron chi connectivity index (χ2n) is 3.72. The summed E-state index contributed by atoms with van der Waals surface area (Å²) in [5, 5.41) is 8.71. The van der Waals surface area contributed by atoms with Crippen molar-refractivity contribution in [3.05, 3.63) is 58.9 Å². The Bertz CT molecular complexity index is 800. The minimum atomic E-state index is -4.32. The van der Waals surface area contributed by atoms with Gasteiger partial charge in [0.05, 0.1) is 10.6 Å². The number of halogens is 2. The predicted molar refractivity (Wildman–Crippen MR) is 70.4 cm³/mol. The normalized spacial score (nSPS) is 10.8. The van der Waals surface area contributed by atoms with Gasteiger partial charge in [-0.3, -0.25) is 0 Å². The molecule has 0 atom stereocenters. The van der Waals surface area contributed by atoms with E-state index in [0.717, 1.165) is 18.2 Å². The van der Waals surface area contributed by atoms with Gasteiger partial charge in [0.1, 0.15) is 16.8 Å². The van der Waals surface area contributed by atoms with Crippen molar-refractivity contribution in [2.75, 3.05) is 0 Å². The molecule has 0 radical (unpaired) electrons. The maximum absolute atomic E-state index is 13.1. The van der Waals surface area contributed by atoms with Gasteiger partial charge in [-0.1, -0.05) is 23.7 Å². The van der Waals surface area contributed by atoms with E-state index in [1.807, 2.05) is 0 Å². The number of nitrogens with zero attached hydrogens (tertiary/aromatic N) is 1. The van der Waals surface area contributed by atoms with Gasteiger partial charge < -0.3 is 4.18 Å². The van der Waals surface area contributed by atoms with Crippen LogP contribution in [0.4, 0.5) is 4.39 Å². The number of hydrogen-bond acceptors (Lipinski definition) is 4. The van der Waals surface area contributed by atoms with Crippen molar-refractivity contribution in [1.82, 2.24) is 0 Å². The highest BCUT2D eigenvalue weighted by Crippen LogP contribution is 2.27. The molecule has 2 aromatic rings. The van der Waals surface area contributed by atoms with Crippen LogP contribution in [0.15, 0.2) is 47.4 Å². The Kier molecular flexibility index (Phi) is 3.93. The van der Waals surface area contributed by atoms with Gasteiger partial charge in [0.15, 0.2) is 5.75 Å². The molecule has 0 N–H and O–H groups in total. The maximum atomic E-state index is 13.1. The first-order valence-electron chi connectivity index (χ1n) is 5.33. The standard InChI is InChI=1S/C13H7ClFNO3S/c14-11-6-5-10(15)7-13(11)20(17,18)19-12-4-2-1-3-9(12)8-16/h1-7H. The Morgan fingerprint density at radius 2 is 1.90 bits per heavy atom. The fourth-order valence-electron chi connectivity index (χ4n) is 1.46. The quantitative estimate of drug-likeness (QED) is 0.817. The van der Waals surface area contributed by atoms with Crippen LogP contribution in [0.5, 0.6) is 5.75 Å². The van der Waals surface area contributed by atoms with Crippen LogP contribution in [0.1, 0.15) is 5.56 Å². The highest BCUT2D eigenvalue weighted by atomic mass is 35.5. The van der Waals surface area contributed by atoms with E-state index in [9.17, 15) is 12.8 Å². The average Bonchev–Trinajstić information content (AvgIpc) is 2.41. The van der Waals surface area contributed by atoms with Crippen molar-refractivity contribution in [2.45, 2.75) is 4.90 Å². The van der Waals surface area contributed by atoms with E-state index in [-0.39, 0.29) is 16.3 Å². The molecule has 0 amide bonds. The second-order valence-corrected chi connectivity index (χ2v) is 5.64. The summed E-state index contributed by atoms with van der Waals surface area (Å²) >= 11 is 5.73. The number of benzene rings is 2. The number of hydrogen-bond donors (Lipinski definition) is 0. The first kappa shape index (κ1) is 14.3. The molecule has 2 aromatic carbocycles. The third-order valence-electron chi connectivity index (χ3n) is 2.37. The van der Waals surface area contributed by atoms with Gasteiger partial charge in [-0.2, -0.15) is 13.7 Å². The summed E-state index contributed by atoms with van der Waals surface area (Å²) in [7, 11) is -4.32. The molecular weight excluding hydrogens is 305 g/mol. The van der Waals surface area contributed by atoms with E-state index < -0.39 is 20.8 Å². The third-order valence-corrected chi connectivity index (χ3v) is 4.09. The molecule has 0 unspecified atom stereocenters. The molecule has 4 nitrogen and oxygen atoms in total. The smallest absolute Gasteiger partial charge is 0.340 e. The van der Waals surface area contributed by atoms with Gasteiger partial charge in [-0.05, 0) is 30.3 Å². The topological polar surface area (TPSA) is 67.2 Å². The van der Waals surface area contributed by atoms with E-state index >= 15 is 0 Å². The largest absolute Gasteiger partial charge is 0.378 e. The molecule has 20 heavy (non-hydrogen) atoms. The summed E-state index contributed by atoms with van der Waals surface area (Å²) in [6.45, 7) is 0. The molecule has 7 heteroatoms. The summed E-state index contributed by atoms with van der Waals surface area (Å²) in [5.41, 5.74) is 0.0450. The monoisotopic (exact) mass is 311 g/mol. The van der Waals surface area contributed by atoms with E-state index in [2.05, 4.69) is 0 Å². The van der Waals surface area contributed by atoms with Crippen LogP contribution in [-0.2, 0) is 10.1 Å². The Hall–Kier alpha value is -2.10. The molecule has 0 aliphatic heterocycles. The lowest BCUT2D eigenvalue weighted by Gasteiger charge is -2.09. The van der Waals surface area contributed by atoms with Crippen LogP contribution in [-0.4, -0.2) is 8.42 Å². The molecular formula is C13H7ClFNO3S. The van der Waals surface area contributed by atoms with E-state index in [4.69, 9.17) is 21.0 Å². The van der Waals surface area contributed by atoms with Gasteiger partial charge in [0, 0.05) is 0 Å². The summed E-state index contributed by atoms with van der Waals surface area (Å²) in [5.74, 6) is -0.902. The van der Waals surface area contributed by atoms with Crippen molar-refractivity contribution in [3.63, 3.8) is 0 Å². The Morgan fingerprint density at radius 1 is 1.20 bits per heavy atom. The first-order valence-corrected chi connectivity index (χ1v) is 7.11. The minimum Gasteiger partial charge on any atom is -0.378 e. The number of nitriles is 1. The average molecular weight is 312 g/mol. The van der Waals surface area contributed by atoms with Crippen LogP contribution in [0.25, 0.3) is 0 Å². The van der Waals surface area contributed by atoms with Crippen molar-refractivity contribution in [3.8, 4) is 11.8 Å². The highest BCUT2D eigenvalue weighted by molar-refractivity contribution is 7.87. The molecule has 2 rings (SSSR count). The van der Waals surface area contributed by atoms with Crippen LogP contribution in [0.3, 0.4) is 0 Å². The van der Waals surface area contributed by atoms with Crippen LogP contribution >= 0.6 is 11.6 Å². The number of rotatable bonds is 3. The van der Waals surface area contributed by atoms with E-state index in [1.165, 1.54) is 18.2 Å². The van der Waals surface area contributed by atoms with Crippen molar-refractivity contribution in [1.29, 1.82) is 5.26 Å². The van der Waals surface area contributed by atoms with Crippen molar-refractivity contribution >= 4 is 21.7 Å². The Labute approximate surface area is 120 Å². The highest BCUT2D eigenvalue weighted by Gasteiger charge is 2.22. The lowest BCUT2D eigenvalue weighted by atomic mass is 10.2. The Morgan fingerprint density at radius 3 is 2.60 bits per heavy atom. The molecule has 0 bridgehead atoms. The van der Waals surface area contributed by atoms with Gasteiger partial charge in [0.25, 0.3) is 0 Å². The predicted octanol–water partition coefficient (Wildman–Crippen LogP) is 3.12. The molecule has 0 fully saturated rings. The Balaban J connectivity index is 2.47. The lowest BCUT2D eigenvalue weighted by Crippen LogP contribution is -2.11. The summed E-state index contributed by atoms with van der Waals surface area (Å²) in [4.78, 5) is -0.494. The molecule has 0 saturated carbocycles. The molecule has 0 saturated heterocycles. The molecule has 102 valence electrons. The molecule has 0 aromatic heterocycles. The maximum Gasteiger partial charge on any atom is 0.340 e. The molecule has 0 spiro atoms. The molecule has 0 aliphatic carbocycles. The van der Waals surface area contributed by atoms with E-state index in [1.54, 1.807) is 12.1 Å². The van der Waals surface area contributed by atoms with Crippen LogP contribution in [0.2, 0.25) is 5.02 Å². The summed E-state index contributed by atoms with van der Waals surface area (Å²) in [6.07, 6.45) is 0. The third kappa shape index (κ3) is 2.90. The first-order chi connectivity index (χ1) is 9.44. The summed E-state index contributed by atoms with van der Waals surface area (Å²) in [6, 6.07) is 10.5. The molecule has 0 heterocycles. The van der Waals surface area contributed by atoms with Crippen molar-refractivity contribution in [2.24, 2.45) is 0 Å². The van der Waals surface area contributed by atoms with Gasteiger partial charge in [-0.15, -0.1) is 0 Å². The van der Waals surface area contributed by atoms with Gasteiger partial charge in [-0.25, -0.2) is 4.39 Å². The zero-order valence-electron chi connectivity index (χ0n) is 9.88. The summed E-state index contributed by atoms with van der Waals surface area (Å²) < 4.78 is 42.1.